The molecule has 1 saturated carbocycles. The van der Waals surface area contributed by atoms with Gasteiger partial charge >= 0.3 is 0 Å². The number of methoxy groups -OCH3 is 1. The first-order valence-corrected chi connectivity index (χ1v) is 8.74. The van der Waals surface area contributed by atoms with Gasteiger partial charge in [0.15, 0.2) is 0 Å². The van der Waals surface area contributed by atoms with E-state index in [0.29, 0.717) is 35.5 Å². The van der Waals surface area contributed by atoms with E-state index in [1.165, 1.54) is 7.11 Å². The number of fused-ring (bicyclic) bond motifs is 1. The van der Waals surface area contributed by atoms with E-state index in [9.17, 15) is 9.59 Å². The first-order valence-electron chi connectivity index (χ1n) is 8.74. The molecule has 2 amide bonds. The molecule has 27 heavy (non-hydrogen) atoms. The lowest BCUT2D eigenvalue weighted by atomic mass is 10.0. The zero-order chi connectivity index (χ0) is 18.9. The zero-order valence-electron chi connectivity index (χ0n) is 14.9. The van der Waals surface area contributed by atoms with Gasteiger partial charge in [0.1, 0.15) is 11.2 Å². The third kappa shape index (κ3) is 3.10. The van der Waals surface area contributed by atoms with Crippen LogP contribution in [0.1, 0.15) is 12.8 Å². The fourth-order valence-electron chi connectivity index (χ4n) is 3.12. The fourth-order valence-corrected chi connectivity index (χ4v) is 3.12. The maximum absolute atomic E-state index is 12.9. The lowest BCUT2D eigenvalue weighted by Gasteiger charge is -2.17. The molecule has 1 aliphatic carbocycles. The highest BCUT2D eigenvalue weighted by Gasteiger charge is 2.56. The number of hydrogen-bond acceptors (Lipinski definition) is 4. The first kappa shape index (κ1) is 17.0. The first-order chi connectivity index (χ1) is 13.1. The van der Waals surface area contributed by atoms with E-state index in [0.717, 1.165) is 5.39 Å². The Hall–Kier alpha value is -3.41. The van der Waals surface area contributed by atoms with Gasteiger partial charge in [-0.05, 0) is 37.1 Å². The summed E-state index contributed by atoms with van der Waals surface area (Å²) in [6.45, 7) is 0. The lowest BCUT2D eigenvalue weighted by molar-refractivity contribution is -0.131. The minimum absolute atomic E-state index is 0.312. The fraction of sp³-hybridized carbons (Fsp3) is 0.190. The van der Waals surface area contributed by atoms with Crippen molar-refractivity contribution in [1.29, 1.82) is 0 Å². The molecule has 136 valence electrons. The van der Waals surface area contributed by atoms with Crippen LogP contribution in [0.5, 0.6) is 5.75 Å². The Morgan fingerprint density at radius 1 is 0.926 bits per heavy atom. The number of nitrogens with one attached hydrogen (secondary N) is 2. The largest absolute Gasteiger partial charge is 0.495 e. The average molecular weight is 361 g/mol. The predicted octanol–water partition coefficient (Wildman–Crippen LogP) is 3.60. The van der Waals surface area contributed by atoms with Crippen LogP contribution in [-0.2, 0) is 9.59 Å². The van der Waals surface area contributed by atoms with E-state index in [4.69, 9.17) is 4.74 Å². The number of pyridine rings is 1. The quantitative estimate of drug-likeness (QED) is 0.681. The average Bonchev–Trinajstić information content (AvgIpc) is 3.51. The molecule has 1 aliphatic rings. The molecular weight excluding hydrogens is 342 g/mol. The molecule has 0 spiro atoms. The normalized spacial score (nSPS) is 14.4. The minimum atomic E-state index is -1.06. The van der Waals surface area contributed by atoms with Gasteiger partial charge in [0.25, 0.3) is 0 Å². The number of ether oxygens (including phenoxy) is 1. The second-order valence-corrected chi connectivity index (χ2v) is 6.57. The SMILES string of the molecule is COc1ccccc1NC(=O)C1(C(=O)Nc2cccc3cccnc23)CC1. The second-order valence-electron chi connectivity index (χ2n) is 6.57. The van der Waals surface area contributed by atoms with Crippen LogP contribution in [0.3, 0.4) is 0 Å². The van der Waals surface area contributed by atoms with Crippen LogP contribution in [0, 0.1) is 5.41 Å². The van der Waals surface area contributed by atoms with Gasteiger partial charge in [0.05, 0.1) is 24.0 Å². The van der Waals surface area contributed by atoms with Gasteiger partial charge in [-0.25, -0.2) is 0 Å². The highest BCUT2D eigenvalue weighted by Crippen LogP contribution is 2.48. The smallest absolute Gasteiger partial charge is 0.240 e. The number of amides is 2. The Balaban J connectivity index is 1.55. The van der Waals surface area contributed by atoms with Crippen molar-refractivity contribution in [1.82, 2.24) is 4.98 Å². The van der Waals surface area contributed by atoms with Crippen molar-refractivity contribution in [3.63, 3.8) is 0 Å². The number of para-hydroxylation sites is 3. The Bertz CT molecular complexity index is 1020. The number of carbonyl (C=O) groups excluding carboxylic acids is 2. The molecule has 2 aromatic carbocycles. The van der Waals surface area contributed by atoms with Crippen molar-refractivity contribution >= 4 is 34.1 Å². The summed E-state index contributed by atoms with van der Waals surface area (Å²) in [5.41, 5.74) is 0.803. The van der Waals surface area contributed by atoms with Crippen LogP contribution in [0.25, 0.3) is 10.9 Å². The Labute approximate surface area is 156 Å². The maximum Gasteiger partial charge on any atom is 0.240 e. The van der Waals surface area contributed by atoms with E-state index in [-0.39, 0.29) is 11.8 Å². The third-order valence-electron chi connectivity index (χ3n) is 4.86. The number of aromatic nitrogens is 1. The van der Waals surface area contributed by atoms with Crippen LogP contribution in [-0.4, -0.2) is 23.9 Å². The molecule has 2 N–H and O–H groups in total. The summed E-state index contributed by atoms with van der Waals surface area (Å²) in [6, 6.07) is 16.5. The lowest BCUT2D eigenvalue weighted by Crippen LogP contribution is -2.35. The summed E-state index contributed by atoms with van der Waals surface area (Å²) in [6.07, 6.45) is 2.70. The molecule has 0 aliphatic heterocycles. The topological polar surface area (TPSA) is 80.3 Å². The van der Waals surface area contributed by atoms with Crippen molar-refractivity contribution in [2.75, 3.05) is 17.7 Å². The molecule has 3 aromatic rings. The van der Waals surface area contributed by atoms with Crippen molar-refractivity contribution in [2.24, 2.45) is 5.41 Å². The van der Waals surface area contributed by atoms with Gasteiger partial charge < -0.3 is 15.4 Å². The number of carbonyl (C=O) groups is 2. The van der Waals surface area contributed by atoms with Gasteiger partial charge in [-0.15, -0.1) is 0 Å². The van der Waals surface area contributed by atoms with Gasteiger partial charge in [0, 0.05) is 11.6 Å². The molecule has 1 heterocycles. The summed E-state index contributed by atoms with van der Waals surface area (Å²) < 4.78 is 5.26. The number of rotatable bonds is 5. The Morgan fingerprint density at radius 3 is 2.33 bits per heavy atom. The molecule has 0 atom stereocenters. The molecule has 0 unspecified atom stereocenters. The Kier molecular flexibility index (Phi) is 4.24. The highest BCUT2D eigenvalue weighted by atomic mass is 16.5. The van der Waals surface area contributed by atoms with Crippen LogP contribution in [0.15, 0.2) is 60.8 Å². The maximum atomic E-state index is 12.9. The molecule has 0 saturated heterocycles. The highest BCUT2D eigenvalue weighted by molar-refractivity contribution is 6.18. The summed E-state index contributed by atoms with van der Waals surface area (Å²) in [4.78, 5) is 30.1. The summed E-state index contributed by atoms with van der Waals surface area (Å²) >= 11 is 0. The van der Waals surface area contributed by atoms with Gasteiger partial charge in [-0.2, -0.15) is 0 Å². The summed E-state index contributed by atoms with van der Waals surface area (Å²) in [7, 11) is 1.54. The number of benzene rings is 2. The van der Waals surface area contributed by atoms with Gasteiger partial charge in [-0.1, -0.05) is 30.3 Å². The van der Waals surface area contributed by atoms with E-state index in [2.05, 4.69) is 15.6 Å². The standard InChI is InChI=1S/C21H19N3O3/c1-27-17-10-3-2-8-15(17)23-19(25)21(11-12-21)20(26)24-16-9-4-6-14-7-5-13-22-18(14)16/h2-10,13H,11-12H2,1H3,(H,23,25)(H,24,26). The van der Waals surface area contributed by atoms with Crippen molar-refractivity contribution in [3.8, 4) is 5.75 Å². The zero-order valence-corrected chi connectivity index (χ0v) is 14.9. The summed E-state index contributed by atoms with van der Waals surface area (Å²) in [5, 5.41) is 6.65. The molecule has 0 radical (unpaired) electrons. The number of anilines is 2. The molecule has 0 bridgehead atoms. The molecule has 4 rings (SSSR count). The van der Waals surface area contributed by atoms with Crippen molar-refractivity contribution in [3.05, 3.63) is 60.8 Å². The molecular formula is C21H19N3O3. The van der Waals surface area contributed by atoms with Crippen LogP contribution in [0.2, 0.25) is 0 Å². The monoisotopic (exact) mass is 361 g/mol. The van der Waals surface area contributed by atoms with Gasteiger partial charge in [-0.3, -0.25) is 14.6 Å². The molecule has 6 heteroatoms. The van der Waals surface area contributed by atoms with Crippen LogP contribution >= 0.6 is 0 Å². The molecule has 1 aromatic heterocycles. The van der Waals surface area contributed by atoms with E-state index < -0.39 is 5.41 Å². The van der Waals surface area contributed by atoms with Crippen molar-refractivity contribution in [2.45, 2.75) is 12.8 Å². The molecule has 6 nitrogen and oxygen atoms in total. The number of nitrogens with zero attached hydrogens (tertiary/aromatic N) is 1. The minimum Gasteiger partial charge on any atom is -0.495 e. The summed E-state index contributed by atoms with van der Waals surface area (Å²) in [5.74, 6) is -0.0777. The van der Waals surface area contributed by atoms with Crippen LogP contribution < -0.4 is 15.4 Å². The third-order valence-corrected chi connectivity index (χ3v) is 4.86. The van der Waals surface area contributed by atoms with Crippen LogP contribution in [0.4, 0.5) is 11.4 Å². The molecule has 1 fully saturated rings. The predicted molar refractivity (Wildman–Crippen MR) is 104 cm³/mol. The number of hydrogen-bond donors (Lipinski definition) is 2. The van der Waals surface area contributed by atoms with E-state index in [1.807, 2.05) is 30.3 Å². The van der Waals surface area contributed by atoms with E-state index >= 15 is 0 Å². The Morgan fingerprint density at radius 2 is 1.59 bits per heavy atom. The van der Waals surface area contributed by atoms with Gasteiger partial charge in [0.2, 0.25) is 11.8 Å². The second kappa shape index (κ2) is 6.72. The van der Waals surface area contributed by atoms with Crippen molar-refractivity contribution < 1.29 is 14.3 Å². The van der Waals surface area contributed by atoms with E-state index in [1.54, 1.807) is 30.5 Å².